The van der Waals surface area contributed by atoms with Crippen molar-refractivity contribution in [2.45, 2.75) is 26.2 Å². The second-order valence-corrected chi connectivity index (χ2v) is 5.29. The molecule has 0 radical (unpaired) electrons. The van der Waals surface area contributed by atoms with Gasteiger partial charge in [-0.1, -0.05) is 32.0 Å². The van der Waals surface area contributed by atoms with E-state index in [1.54, 1.807) is 6.20 Å². The molecular weight excluding hydrogens is 258 g/mol. The molecule has 0 saturated carbocycles. The molecule has 3 rings (SSSR count). The van der Waals surface area contributed by atoms with Crippen LogP contribution in [0.25, 0.3) is 16.9 Å². The molecule has 1 aromatic carbocycles. The van der Waals surface area contributed by atoms with Crippen LogP contribution >= 0.6 is 0 Å². The molecule has 3 aromatic rings. The Balaban J connectivity index is 1.86. The molecule has 0 N–H and O–H groups in total. The molecule has 1 unspecified atom stereocenters. The first-order valence-electron chi connectivity index (χ1n) is 7.34. The standard InChI is InChI=1S/C18H19N3/c1-3-14(2)15-7-9-17(10-8-15)21-13-16(12-20-21)18-6-4-5-11-19-18/h4-14H,3H2,1-2H3. The van der Waals surface area contributed by atoms with Crippen LogP contribution in [-0.4, -0.2) is 14.8 Å². The van der Waals surface area contributed by atoms with Crippen molar-refractivity contribution in [1.29, 1.82) is 0 Å². The highest BCUT2D eigenvalue weighted by atomic mass is 15.3. The van der Waals surface area contributed by atoms with Gasteiger partial charge in [-0.2, -0.15) is 5.10 Å². The summed E-state index contributed by atoms with van der Waals surface area (Å²) in [6, 6.07) is 14.5. The number of aromatic nitrogens is 3. The number of hydrogen-bond donors (Lipinski definition) is 0. The van der Waals surface area contributed by atoms with Crippen molar-refractivity contribution in [2.75, 3.05) is 0 Å². The maximum atomic E-state index is 4.43. The third-order valence-corrected chi connectivity index (χ3v) is 3.88. The fourth-order valence-electron chi connectivity index (χ4n) is 2.32. The molecule has 0 aliphatic carbocycles. The minimum absolute atomic E-state index is 0.598. The summed E-state index contributed by atoms with van der Waals surface area (Å²) in [4.78, 5) is 4.35. The van der Waals surface area contributed by atoms with Gasteiger partial charge in [-0.05, 0) is 42.2 Å². The highest BCUT2D eigenvalue weighted by Crippen LogP contribution is 2.21. The molecule has 0 aliphatic heterocycles. The molecule has 2 heterocycles. The summed E-state index contributed by atoms with van der Waals surface area (Å²) < 4.78 is 1.89. The lowest BCUT2D eigenvalue weighted by Crippen LogP contribution is -1.96. The molecule has 0 aliphatic rings. The largest absolute Gasteiger partial charge is 0.256 e. The van der Waals surface area contributed by atoms with Crippen LogP contribution in [0.2, 0.25) is 0 Å². The van der Waals surface area contributed by atoms with Gasteiger partial charge in [0.15, 0.2) is 0 Å². The first-order valence-corrected chi connectivity index (χ1v) is 7.34. The quantitative estimate of drug-likeness (QED) is 0.705. The Labute approximate surface area is 125 Å². The van der Waals surface area contributed by atoms with Gasteiger partial charge < -0.3 is 0 Å². The van der Waals surface area contributed by atoms with E-state index in [1.165, 1.54) is 5.56 Å². The lowest BCUT2D eigenvalue weighted by molar-refractivity contribution is 0.732. The average molecular weight is 277 g/mol. The van der Waals surface area contributed by atoms with Crippen LogP contribution in [0.1, 0.15) is 31.7 Å². The van der Waals surface area contributed by atoms with Crippen molar-refractivity contribution in [3.8, 4) is 16.9 Å². The maximum Gasteiger partial charge on any atom is 0.0733 e. The van der Waals surface area contributed by atoms with Crippen LogP contribution in [0.3, 0.4) is 0 Å². The van der Waals surface area contributed by atoms with E-state index in [-0.39, 0.29) is 0 Å². The van der Waals surface area contributed by atoms with E-state index in [1.807, 2.05) is 35.3 Å². The van der Waals surface area contributed by atoms with Crippen LogP contribution in [0.15, 0.2) is 61.1 Å². The molecule has 1 atom stereocenters. The lowest BCUT2D eigenvalue weighted by Gasteiger charge is -2.09. The van der Waals surface area contributed by atoms with Crippen molar-refractivity contribution in [2.24, 2.45) is 0 Å². The minimum Gasteiger partial charge on any atom is -0.256 e. The van der Waals surface area contributed by atoms with Crippen molar-refractivity contribution >= 4 is 0 Å². The van der Waals surface area contributed by atoms with Gasteiger partial charge in [0, 0.05) is 18.0 Å². The normalized spacial score (nSPS) is 12.3. The highest BCUT2D eigenvalue weighted by Gasteiger charge is 2.06. The smallest absolute Gasteiger partial charge is 0.0733 e. The fraction of sp³-hybridized carbons (Fsp3) is 0.222. The van der Waals surface area contributed by atoms with Gasteiger partial charge in [-0.25, -0.2) is 4.68 Å². The van der Waals surface area contributed by atoms with Crippen molar-refractivity contribution in [1.82, 2.24) is 14.8 Å². The first-order chi connectivity index (χ1) is 10.3. The Kier molecular flexibility index (Phi) is 3.82. The summed E-state index contributed by atoms with van der Waals surface area (Å²) in [6.45, 7) is 4.47. The molecule has 21 heavy (non-hydrogen) atoms. The third kappa shape index (κ3) is 2.87. The van der Waals surface area contributed by atoms with Gasteiger partial charge in [0.1, 0.15) is 0 Å². The molecule has 2 aromatic heterocycles. The molecule has 3 nitrogen and oxygen atoms in total. The minimum atomic E-state index is 0.598. The third-order valence-electron chi connectivity index (χ3n) is 3.88. The van der Waals surface area contributed by atoms with E-state index < -0.39 is 0 Å². The van der Waals surface area contributed by atoms with Crippen LogP contribution in [0.5, 0.6) is 0 Å². The second-order valence-electron chi connectivity index (χ2n) is 5.29. The van der Waals surface area contributed by atoms with E-state index >= 15 is 0 Å². The van der Waals surface area contributed by atoms with Gasteiger partial charge in [-0.15, -0.1) is 0 Å². The summed E-state index contributed by atoms with van der Waals surface area (Å²) in [6.07, 6.45) is 6.82. The van der Waals surface area contributed by atoms with E-state index in [4.69, 9.17) is 0 Å². The summed E-state index contributed by atoms with van der Waals surface area (Å²) in [5.74, 6) is 0.598. The number of rotatable bonds is 4. The molecule has 0 saturated heterocycles. The number of hydrogen-bond acceptors (Lipinski definition) is 2. The zero-order valence-electron chi connectivity index (χ0n) is 12.4. The van der Waals surface area contributed by atoms with E-state index in [0.29, 0.717) is 5.92 Å². The highest BCUT2D eigenvalue weighted by molar-refractivity contribution is 5.57. The molecule has 3 heteroatoms. The summed E-state index contributed by atoms with van der Waals surface area (Å²) >= 11 is 0. The zero-order valence-corrected chi connectivity index (χ0v) is 12.4. The first kappa shape index (κ1) is 13.6. The van der Waals surface area contributed by atoms with Gasteiger partial charge in [0.2, 0.25) is 0 Å². The Hall–Kier alpha value is -2.42. The molecule has 106 valence electrons. The number of benzene rings is 1. The molecule has 0 fully saturated rings. The van der Waals surface area contributed by atoms with Gasteiger partial charge >= 0.3 is 0 Å². The predicted octanol–water partition coefficient (Wildman–Crippen LogP) is 4.45. The average Bonchev–Trinajstić information content (AvgIpc) is 3.05. The monoisotopic (exact) mass is 277 g/mol. The molecule has 0 spiro atoms. The molecule has 0 amide bonds. The number of nitrogens with zero attached hydrogens (tertiary/aromatic N) is 3. The number of pyridine rings is 1. The fourth-order valence-corrected chi connectivity index (χ4v) is 2.32. The lowest BCUT2D eigenvalue weighted by atomic mass is 9.99. The second kappa shape index (κ2) is 5.92. The van der Waals surface area contributed by atoms with Crippen molar-refractivity contribution in [3.05, 3.63) is 66.6 Å². The molecular formula is C18H19N3. The van der Waals surface area contributed by atoms with E-state index in [2.05, 4.69) is 48.2 Å². The Morgan fingerprint density at radius 3 is 2.57 bits per heavy atom. The summed E-state index contributed by atoms with van der Waals surface area (Å²) in [7, 11) is 0. The van der Waals surface area contributed by atoms with Crippen LogP contribution in [-0.2, 0) is 0 Å². The van der Waals surface area contributed by atoms with Crippen LogP contribution < -0.4 is 0 Å². The summed E-state index contributed by atoms with van der Waals surface area (Å²) in [5, 5.41) is 4.43. The van der Waals surface area contributed by atoms with Crippen molar-refractivity contribution in [3.63, 3.8) is 0 Å². The Bertz CT molecular complexity index is 699. The van der Waals surface area contributed by atoms with Gasteiger partial charge in [0.05, 0.1) is 17.6 Å². The summed E-state index contributed by atoms with van der Waals surface area (Å²) in [5.41, 5.74) is 4.42. The van der Waals surface area contributed by atoms with Crippen LogP contribution in [0.4, 0.5) is 0 Å². The van der Waals surface area contributed by atoms with Gasteiger partial charge in [-0.3, -0.25) is 4.98 Å². The maximum absolute atomic E-state index is 4.43. The Morgan fingerprint density at radius 2 is 1.90 bits per heavy atom. The van der Waals surface area contributed by atoms with Crippen LogP contribution in [0, 0.1) is 0 Å². The zero-order chi connectivity index (χ0) is 14.7. The van der Waals surface area contributed by atoms with E-state index in [0.717, 1.165) is 23.4 Å². The molecule has 0 bridgehead atoms. The van der Waals surface area contributed by atoms with Crippen molar-refractivity contribution < 1.29 is 0 Å². The Morgan fingerprint density at radius 1 is 1.10 bits per heavy atom. The van der Waals surface area contributed by atoms with E-state index in [9.17, 15) is 0 Å². The SMILES string of the molecule is CCC(C)c1ccc(-n2cc(-c3ccccn3)cn2)cc1. The predicted molar refractivity (Wildman–Crippen MR) is 85.5 cm³/mol. The van der Waals surface area contributed by atoms with Gasteiger partial charge in [0.25, 0.3) is 0 Å². The topological polar surface area (TPSA) is 30.7 Å².